The SMILES string of the molecule is CCNC(=NCc1ccccc1CN(CC)CC)NCCCOCC. The Morgan fingerprint density at radius 1 is 1.04 bits per heavy atom. The molecule has 0 unspecified atom stereocenters. The molecule has 142 valence electrons. The molecule has 2 N–H and O–H groups in total. The van der Waals surface area contributed by atoms with Crippen molar-refractivity contribution >= 4 is 5.96 Å². The first kappa shape index (κ1) is 21.5. The van der Waals surface area contributed by atoms with Gasteiger partial charge < -0.3 is 15.4 Å². The summed E-state index contributed by atoms with van der Waals surface area (Å²) in [5.41, 5.74) is 2.66. The third kappa shape index (κ3) is 8.89. The molecule has 1 aromatic rings. The van der Waals surface area contributed by atoms with Crippen LogP contribution < -0.4 is 10.6 Å². The van der Waals surface area contributed by atoms with E-state index >= 15 is 0 Å². The molecular weight excluding hydrogens is 312 g/mol. The second kappa shape index (κ2) is 13.7. The number of guanidine groups is 1. The van der Waals surface area contributed by atoms with E-state index in [1.165, 1.54) is 11.1 Å². The third-order valence-electron chi connectivity index (χ3n) is 4.12. The molecule has 0 radical (unpaired) electrons. The van der Waals surface area contributed by atoms with E-state index in [-0.39, 0.29) is 0 Å². The lowest BCUT2D eigenvalue weighted by molar-refractivity contribution is 0.145. The minimum Gasteiger partial charge on any atom is -0.382 e. The van der Waals surface area contributed by atoms with Crippen LogP contribution in [0.5, 0.6) is 0 Å². The van der Waals surface area contributed by atoms with Gasteiger partial charge in [0.05, 0.1) is 6.54 Å². The van der Waals surface area contributed by atoms with Crippen molar-refractivity contribution in [1.29, 1.82) is 0 Å². The number of ether oxygens (including phenoxy) is 1. The van der Waals surface area contributed by atoms with Crippen LogP contribution in [-0.4, -0.2) is 50.3 Å². The molecule has 0 amide bonds. The number of hydrogen-bond donors (Lipinski definition) is 2. The molecule has 0 bridgehead atoms. The van der Waals surface area contributed by atoms with Crippen molar-refractivity contribution in [2.75, 3.05) is 39.4 Å². The molecule has 0 saturated heterocycles. The molecule has 0 spiro atoms. The highest BCUT2D eigenvalue weighted by Crippen LogP contribution is 2.13. The Labute approximate surface area is 153 Å². The maximum atomic E-state index is 5.37. The van der Waals surface area contributed by atoms with Crippen molar-refractivity contribution < 1.29 is 4.74 Å². The molecule has 0 saturated carbocycles. The fourth-order valence-corrected chi connectivity index (χ4v) is 2.59. The van der Waals surface area contributed by atoms with Crippen LogP contribution in [0.15, 0.2) is 29.3 Å². The first-order valence-corrected chi connectivity index (χ1v) is 9.64. The van der Waals surface area contributed by atoms with E-state index in [0.717, 1.165) is 58.3 Å². The Morgan fingerprint density at radius 2 is 1.76 bits per heavy atom. The van der Waals surface area contributed by atoms with Gasteiger partial charge in [0.15, 0.2) is 5.96 Å². The van der Waals surface area contributed by atoms with Gasteiger partial charge in [-0.3, -0.25) is 4.90 Å². The fourth-order valence-electron chi connectivity index (χ4n) is 2.59. The van der Waals surface area contributed by atoms with E-state index in [0.29, 0.717) is 6.54 Å². The molecule has 1 rings (SSSR count). The lowest BCUT2D eigenvalue weighted by Gasteiger charge is -2.20. The normalized spacial score (nSPS) is 11.8. The predicted molar refractivity (Wildman–Crippen MR) is 107 cm³/mol. The smallest absolute Gasteiger partial charge is 0.191 e. The van der Waals surface area contributed by atoms with Gasteiger partial charge in [-0.15, -0.1) is 0 Å². The Balaban J connectivity index is 2.65. The summed E-state index contributed by atoms with van der Waals surface area (Å²) in [6.45, 7) is 15.6. The Kier molecular flexibility index (Phi) is 11.7. The molecule has 0 aliphatic heterocycles. The highest BCUT2D eigenvalue weighted by Gasteiger charge is 2.06. The van der Waals surface area contributed by atoms with E-state index in [4.69, 9.17) is 9.73 Å². The number of rotatable bonds is 12. The lowest BCUT2D eigenvalue weighted by atomic mass is 10.1. The number of aliphatic imine (C=N–C) groups is 1. The van der Waals surface area contributed by atoms with E-state index < -0.39 is 0 Å². The average molecular weight is 349 g/mol. The van der Waals surface area contributed by atoms with Crippen molar-refractivity contribution in [1.82, 2.24) is 15.5 Å². The third-order valence-corrected chi connectivity index (χ3v) is 4.12. The van der Waals surface area contributed by atoms with Gasteiger partial charge in [0.2, 0.25) is 0 Å². The van der Waals surface area contributed by atoms with Crippen molar-refractivity contribution in [3.05, 3.63) is 35.4 Å². The highest BCUT2D eigenvalue weighted by molar-refractivity contribution is 5.79. The van der Waals surface area contributed by atoms with Crippen molar-refractivity contribution in [3.63, 3.8) is 0 Å². The quantitative estimate of drug-likeness (QED) is 0.346. The largest absolute Gasteiger partial charge is 0.382 e. The number of nitrogens with zero attached hydrogens (tertiary/aromatic N) is 2. The van der Waals surface area contributed by atoms with Crippen molar-refractivity contribution in [2.24, 2.45) is 4.99 Å². The molecular formula is C20H36N4O. The minimum absolute atomic E-state index is 0.693. The van der Waals surface area contributed by atoms with Crippen LogP contribution in [0.25, 0.3) is 0 Å². The van der Waals surface area contributed by atoms with Gasteiger partial charge in [0.1, 0.15) is 0 Å². The van der Waals surface area contributed by atoms with Gasteiger partial charge in [-0.25, -0.2) is 4.99 Å². The molecule has 1 aromatic carbocycles. The van der Waals surface area contributed by atoms with Crippen molar-refractivity contribution in [3.8, 4) is 0 Å². The van der Waals surface area contributed by atoms with Crippen molar-refractivity contribution in [2.45, 2.75) is 47.2 Å². The second-order valence-electron chi connectivity index (χ2n) is 5.90. The van der Waals surface area contributed by atoms with Crippen LogP contribution in [-0.2, 0) is 17.8 Å². The van der Waals surface area contributed by atoms with E-state index in [9.17, 15) is 0 Å². The summed E-state index contributed by atoms with van der Waals surface area (Å²) in [4.78, 5) is 7.19. The molecule has 0 aliphatic rings. The van der Waals surface area contributed by atoms with E-state index in [2.05, 4.69) is 60.6 Å². The monoisotopic (exact) mass is 348 g/mol. The summed E-state index contributed by atoms with van der Waals surface area (Å²) >= 11 is 0. The molecule has 0 atom stereocenters. The summed E-state index contributed by atoms with van der Waals surface area (Å²) in [5, 5.41) is 6.69. The summed E-state index contributed by atoms with van der Waals surface area (Å²) in [7, 11) is 0. The molecule has 0 fully saturated rings. The molecule has 5 nitrogen and oxygen atoms in total. The first-order valence-electron chi connectivity index (χ1n) is 9.64. The fraction of sp³-hybridized carbons (Fsp3) is 0.650. The summed E-state index contributed by atoms with van der Waals surface area (Å²) in [6.07, 6.45) is 0.983. The highest BCUT2D eigenvalue weighted by atomic mass is 16.5. The zero-order valence-electron chi connectivity index (χ0n) is 16.5. The minimum atomic E-state index is 0.693. The van der Waals surface area contributed by atoms with Crippen LogP contribution in [0.2, 0.25) is 0 Å². The molecule has 25 heavy (non-hydrogen) atoms. The number of hydrogen-bond acceptors (Lipinski definition) is 3. The Hall–Kier alpha value is -1.59. The summed E-state index contributed by atoms with van der Waals surface area (Å²) < 4.78 is 5.37. The molecule has 0 heterocycles. The molecule has 0 aromatic heterocycles. The lowest BCUT2D eigenvalue weighted by Crippen LogP contribution is -2.38. The Bertz CT molecular complexity index is 486. The second-order valence-corrected chi connectivity index (χ2v) is 5.90. The van der Waals surface area contributed by atoms with Crippen LogP contribution in [0.3, 0.4) is 0 Å². The number of nitrogens with one attached hydrogen (secondary N) is 2. The van der Waals surface area contributed by atoms with Gasteiger partial charge in [0.25, 0.3) is 0 Å². The maximum absolute atomic E-state index is 5.37. The topological polar surface area (TPSA) is 48.9 Å². The molecule has 5 heteroatoms. The maximum Gasteiger partial charge on any atom is 0.191 e. The van der Waals surface area contributed by atoms with Crippen LogP contribution in [0.4, 0.5) is 0 Å². The van der Waals surface area contributed by atoms with E-state index in [1.807, 2.05) is 6.92 Å². The zero-order chi connectivity index (χ0) is 18.3. The number of benzene rings is 1. The van der Waals surface area contributed by atoms with Gasteiger partial charge in [0, 0.05) is 32.8 Å². The average Bonchev–Trinajstić information content (AvgIpc) is 2.64. The Morgan fingerprint density at radius 3 is 2.40 bits per heavy atom. The van der Waals surface area contributed by atoms with Crippen LogP contribution in [0, 0.1) is 0 Å². The summed E-state index contributed by atoms with van der Waals surface area (Å²) in [5.74, 6) is 0.872. The first-order chi connectivity index (χ1) is 12.2. The van der Waals surface area contributed by atoms with Crippen LogP contribution in [0.1, 0.15) is 45.2 Å². The van der Waals surface area contributed by atoms with E-state index in [1.54, 1.807) is 0 Å². The molecule has 0 aliphatic carbocycles. The van der Waals surface area contributed by atoms with Gasteiger partial charge in [-0.05, 0) is 44.5 Å². The van der Waals surface area contributed by atoms with Gasteiger partial charge in [-0.1, -0.05) is 38.1 Å². The standard InChI is InChI=1S/C20H36N4O/c1-5-21-20(22-14-11-15-25-8-4)23-16-18-12-9-10-13-19(18)17-24(6-2)7-3/h9-10,12-13H,5-8,11,14-17H2,1-4H3,(H2,21,22,23). The predicted octanol–water partition coefficient (Wildman–Crippen LogP) is 3.01. The summed E-state index contributed by atoms with van der Waals surface area (Å²) in [6, 6.07) is 8.61. The van der Waals surface area contributed by atoms with Gasteiger partial charge in [-0.2, -0.15) is 0 Å². The zero-order valence-corrected chi connectivity index (χ0v) is 16.5. The van der Waals surface area contributed by atoms with Gasteiger partial charge >= 0.3 is 0 Å². The van der Waals surface area contributed by atoms with Crippen LogP contribution >= 0.6 is 0 Å².